The predicted octanol–water partition coefficient (Wildman–Crippen LogP) is 2.62. The van der Waals surface area contributed by atoms with Gasteiger partial charge in [0, 0.05) is 0 Å². The number of nitrogens with zero attached hydrogens (tertiary/aromatic N) is 1. The Bertz CT molecular complexity index is 94.4. The fraction of sp³-hybridized carbons (Fsp3) is 1.00. The van der Waals surface area contributed by atoms with Crippen LogP contribution in [0.1, 0.15) is 26.7 Å². The Labute approximate surface area is 85.1 Å². The van der Waals surface area contributed by atoms with Gasteiger partial charge in [0.2, 0.25) is 0 Å². The molecule has 12 heavy (non-hydrogen) atoms. The molecular formula is C10H22InN. The zero-order valence-electron chi connectivity index (χ0n) is 8.68. The van der Waals surface area contributed by atoms with Crippen molar-refractivity contribution in [3.8, 4) is 0 Å². The van der Waals surface area contributed by atoms with E-state index in [1.165, 1.54) is 32.5 Å². The van der Waals surface area contributed by atoms with Gasteiger partial charge in [-0.15, -0.1) is 0 Å². The van der Waals surface area contributed by atoms with E-state index < -0.39 is 21.4 Å². The molecular weight excluding hydrogens is 249 g/mol. The molecule has 0 radical (unpaired) electrons. The van der Waals surface area contributed by atoms with Crippen molar-refractivity contribution in [2.75, 3.05) is 19.6 Å². The topological polar surface area (TPSA) is 3.24 Å². The first kappa shape index (κ1) is 10.9. The van der Waals surface area contributed by atoms with Crippen molar-refractivity contribution in [1.82, 2.24) is 4.90 Å². The summed E-state index contributed by atoms with van der Waals surface area (Å²) >= 11 is -0.898. The molecule has 0 spiro atoms. The average molecular weight is 271 g/mol. The van der Waals surface area contributed by atoms with E-state index in [0.717, 1.165) is 0 Å². The molecule has 0 saturated carbocycles. The van der Waals surface area contributed by atoms with Crippen molar-refractivity contribution in [2.24, 2.45) is 0 Å². The second kappa shape index (κ2) is 6.31. The maximum absolute atomic E-state index is 2.62. The first-order valence-electron chi connectivity index (χ1n) is 5.59. The van der Waals surface area contributed by atoms with E-state index in [4.69, 9.17) is 0 Å². The van der Waals surface area contributed by atoms with Gasteiger partial charge in [-0.25, -0.2) is 0 Å². The van der Waals surface area contributed by atoms with E-state index in [1.54, 1.807) is 12.5 Å². The van der Waals surface area contributed by atoms with E-state index in [2.05, 4.69) is 18.7 Å². The van der Waals surface area contributed by atoms with Crippen LogP contribution in [0.5, 0.6) is 0 Å². The summed E-state index contributed by atoms with van der Waals surface area (Å²) in [5.41, 5.74) is 0. The standard InChI is InChI=1S/C8H17N.C2H5.In/c1-4-7-9(6-3)8-5-2;1-2;/h1-2,4-8H2,3H3;1H2,2H3;. The molecule has 0 aromatic heterocycles. The Balaban J connectivity index is 2.24. The van der Waals surface area contributed by atoms with Gasteiger partial charge in [0.1, 0.15) is 0 Å². The molecule has 0 atom stereocenters. The molecule has 0 aromatic carbocycles. The van der Waals surface area contributed by atoms with Crippen molar-refractivity contribution in [3.63, 3.8) is 0 Å². The second-order valence-corrected chi connectivity index (χ2v) is 14.6. The third-order valence-electron chi connectivity index (χ3n) is 3.20. The summed E-state index contributed by atoms with van der Waals surface area (Å²) in [6.45, 7) is 8.78. The van der Waals surface area contributed by atoms with Gasteiger partial charge in [-0.1, -0.05) is 0 Å². The molecule has 0 bridgehead atoms. The Morgan fingerprint density at radius 2 is 1.67 bits per heavy atom. The summed E-state index contributed by atoms with van der Waals surface area (Å²) in [6, 6.07) is 0. The summed E-state index contributed by atoms with van der Waals surface area (Å²) in [6.07, 6.45) is 3.03. The van der Waals surface area contributed by atoms with E-state index in [0.29, 0.717) is 0 Å². The van der Waals surface area contributed by atoms with Gasteiger partial charge in [-0.2, -0.15) is 0 Å². The van der Waals surface area contributed by atoms with E-state index in [1.807, 2.05) is 0 Å². The SMILES string of the molecule is CCN1CC[CH2][In]([CH2]C)[CH2]CC1. The molecule has 0 N–H and O–H groups in total. The van der Waals surface area contributed by atoms with Crippen LogP contribution in [0.3, 0.4) is 0 Å². The van der Waals surface area contributed by atoms with Crippen molar-refractivity contribution in [2.45, 2.75) is 39.2 Å². The van der Waals surface area contributed by atoms with Crippen LogP contribution in [0.15, 0.2) is 0 Å². The zero-order chi connectivity index (χ0) is 8.81. The first-order valence-corrected chi connectivity index (χ1v) is 12.6. The number of hydrogen-bond donors (Lipinski definition) is 0. The van der Waals surface area contributed by atoms with Crippen LogP contribution in [-0.2, 0) is 0 Å². The average Bonchev–Trinajstić information content (AvgIpc) is 2.05. The van der Waals surface area contributed by atoms with Gasteiger partial charge in [0.15, 0.2) is 0 Å². The fourth-order valence-corrected chi connectivity index (χ4v) is 9.68. The third kappa shape index (κ3) is 3.69. The van der Waals surface area contributed by atoms with E-state index in [-0.39, 0.29) is 0 Å². The molecule has 1 nitrogen and oxygen atoms in total. The molecule has 0 unspecified atom stereocenters. The van der Waals surface area contributed by atoms with Crippen LogP contribution in [0.2, 0.25) is 12.5 Å². The number of rotatable bonds is 2. The summed E-state index contributed by atoms with van der Waals surface area (Å²) in [5.74, 6) is 0. The van der Waals surface area contributed by atoms with Crippen LogP contribution in [-0.4, -0.2) is 46.0 Å². The zero-order valence-corrected chi connectivity index (χ0v) is 12.0. The minimum atomic E-state index is -0.898. The van der Waals surface area contributed by atoms with Crippen LogP contribution >= 0.6 is 0 Å². The molecule has 2 heteroatoms. The van der Waals surface area contributed by atoms with Crippen molar-refractivity contribution < 1.29 is 0 Å². The Morgan fingerprint density at radius 3 is 2.08 bits per heavy atom. The van der Waals surface area contributed by atoms with Crippen molar-refractivity contribution in [3.05, 3.63) is 0 Å². The Morgan fingerprint density at radius 1 is 1.08 bits per heavy atom. The third-order valence-corrected chi connectivity index (χ3v) is 13.5. The van der Waals surface area contributed by atoms with Gasteiger partial charge in [-0.3, -0.25) is 0 Å². The van der Waals surface area contributed by atoms with Crippen LogP contribution in [0.25, 0.3) is 0 Å². The minimum absolute atomic E-state index is 0.898. The predicted molar refractivity (Wildman–Crippen MR) is 57.2 cm³/mol. The molecule has 0 aliphatic carbocycles. The van der Waals surface area contributed by atoms with Crippen LogP contribution in [0, 0.1) is 0 Å². The normalized spacial score (nSPS) is 22.0. The second-order valence-electron chi connectivity index (χ2n) is 3.99. The van der Waals surface area contributed by atoms with Gasteiger partial charge in [0.25, 0.3) is 0 Å². The van der Waals surface area contributed by atoms with Gasteiger partial charge in [0.05, 0.1) is 0 Å². The summed E-state index contributed by atoms with van der Waals surface area (Å²) in [5, 5.41) is 0. The molecule has 1 heterocycles. The summed E-state index contributed by atoms with van der Waals surface area (Å²) in [7, 11) is 0. The van der Waals surface area contributed by atoms with Gasteiger partial charge in [-0.05, 0) is 0 Å². The Kier molecular flexibility index (Phi) is 5.74. The summed E-state index contributed by atoms with van der Waals surface area (Å²) < 4.78 is 4.96. The van der Waals surface area contributed by atoms with Gasteiger partial charge >= 0.3 is 85.2 Å². The van der Waals surface area contributed by atoms with Crippen molar-refractivity contribution in [1.29, 1.82) is 0 Å². The van der Waals surface area contributed by atoms with Gasteiger partial charge < -0.3 is 0 Å². The molecule has 1 aliphatic rings. The van der Waals surface area contributed by atoms with E-state index in [9.17, 15) is 0 Å². The molecule has 70 valence electrons. The molecule has 1 saturated heterocycles. The molecule has 0 aromatic rings. The van der Waals surface area contributed by atoms with Crippen LogP contribution in [0.4, 0.5) is 0 Å². The van der Waals surface area contributed by atoms with Crippen LogP contribution < -0.4 is 0 Å². The fourth-order valence-electron chi connectivity index (χ4n) is 2.19. The molecule has 1 rings (SSSR count). The first-order chi connectivity index (χ1) is 5.86. The maximum atomic E-state index is 2.62. The Hall–Kier alpha value is 0.830. The molecule has 1 aliphatic heterocycles. The quantitative estimate of drug-likeness (QED) is 0.746. The monoisotopic (exact) mass is 271 g/mol. The molecule has 0 amide bonds. The summed E-state index contributed by atoms with van der Waals surface area (Å²) in [4.78, 5) is 2.62. The molecule has 1 fully saturated rings. The van der Waals surface area contributed by atoms with E-state index >= 15 is 0 Å². The number of hydrogen-bond acceptors (Lipinski definition) is 1. The van der Waals surface area contributed by atoms with Crippen molar-refractivity contribution >= 4 is 21.4 Å².